The summed E-state index contributed by atoms with van der Waals surface area (Å²) in [5, 5.41) is 12.0. The van der Waals surface area contributed by atoms with Gasteiger partial charge in [-0.25, -0.2) is 9.78 Å². The van der Waals surface area contributed by atoms with Gasteiger partial charge in [-0.15, -0.1) is 0 Å². The molecule has 0 bridgehead atoms. The van der Waals surface area contributed by atoms with Crippen molar-refractivity contribution < 1.29 is 14.7 Å². The highest BCUT2D eigenvalue weighted by Gasteiger charge is 2.15. The maximum absolute atomic E-state index is 12.7. The first-order valence-electron chi connectivity index (χ1n) is 8.39. The van der Waals surface area contributed by atoms with E-state index < -0.39 is 11.9 Å². The summed E-state index contributed by atoms with van der Waals surface area (Å²) in [5.74, 6) is -1.49. The van der Waals surface area contributed by atoms with Gasteiger partial charge in [-0.05, 0) is 52.9 Å². The SMILES string of the molecule is O=C(Nc1ccc(I)cc1C(=O)O)c1ccn2cc(-c3ccccc3)nc2c1. The molecule has 0 spiro atoms. The Morgan fingerprint density at radius 3 is 2.57 bits per heavy atom. The zero-order valence-electron chi connectivity index (χ0n) is 14.5. The van der Waals surface area contributed by atoms with Crippen LogP contribution in [0.3, 0.4) is 0 Å². The van der Waals surface area contributed by atoms with Gasteiger partial charge in [0.05, 0.1) is 16.9 Å². The zero-order chi connectivity index (χ0) is 19.7. The third-order valence-electron chi connectivity index (χ3n) is 4.25. The molecule has 2 heterocycles. The number of hydrogen-bond acceptors (Lipinski definition) is 3. The molecular formula is C21H14IN3O3. The number of carbonyl (C=O) groups is 2. The van der Waals surface area contributed by atoms with Crippen molar-refractivity contribution in [3.05, 3.63) is 87.8 Å². The molecule has 0 saturated heterocycles. The van der Waals surface area contributed by atoms with E-state index in [1.54, 1.807) is 30.5 Å². The number of benzene rings is 2. The van der Waals surface area contributed by atoms with Crippen LogP contribution in [0.25, 0.3) is 16.9 Å². The lowest BCUT2D eigenvalue weighted by Crippen LogP contribution is -2.15. The van der Waals surface area contributed by atoms with Gasteiger partial charge < -0.3 is 14.8 Å². The van der Waals surface area contributed by atoms with Crippen molar-refractivity contribution in [3.63, 3.8) is 0 Å². The van der Waals surface area contributed by atoms with Crippen molar-refractivity contribution in [1.29, 1.82) is 0 Å². The summed E-state index contributed by atoms with van der Waals surface area (Å²) in [4.78, 5) is 28.7. The average Bonchev–Trinajstić information content (AvgIpc) is 3.13. The lowest BCUT2D eigenvalue weighted by Gasteiger charge is -2.09. The number of rotatable bonds is 4. The van der Waals surface area contributed by atoms with E-state index >= 15 is 0 Å². The highest BCUT2D eigenvalue weighted by Crippen LogP contribution is 2.22. The molecule has 7 heteroatoms. The molecule has 0 aliphatic carbocycles. The summed E-state index contributed by atoms with van der Waals surface area (Å²) in [6.45, 7) is 0. The fraction of sp³-hybridized carbons (Fsp3) is 0. The van der Waals surface area contributed by atoms with Gasteiger partial charge in [0.15, 0.2) is 0 Å². The molecule has 138 valence electrons. The minimum atomic E-state index is -1.09. The first-order chi connectivity index (χ1) is 13.5. The fourth-order valence-corrected chi connectivity index (χ4v) is 3.36. The Morgan fingerprint density at radius 1 is 1.04 bits per heavy atom. The second-order valence-corrected chi connectivity index (χ2v) is 7.37. The Balaban J connectivity index is 1.64. The number of carbonyl (C=O) groups excluding carboxylic acids is 1. The summed E-state index contributed by atoms with van der Waals surface area (Å²) < 4.78 is 2.62. The lowest BCUT2D eigenvalue weighted by molar-refractivity contribution is 0.0698. The van der Waals surface area contributed by atoms with Crippen LogP contribution < -0.4 is 5.32 Å². The van der Waals surface area contributed by atoms with Crippen molar-refractivity contribution in [1.82, 2.24) is 9.38 Å². The number of hydrogen-bond donors (Lipinski definition) is 2. The molecule has 0 aliphatic rings. The first kappa shape index (κ1) is 18.2. The molecule has 0 fully saturated rings. The molecule has 28 heavy (non-hydrogen) atoms. The smallest absolute Gasteiger partial charge is 0.337 e. The number of aromatic carboxylic acids is 1. The number of aromatic nitrogens is 2. The van der Waals surface area contributed by atoms with Crippen molar-refractivity contribution in [2.45, 2.75) is 0 Å². The highest BCUT2D eigenvalue weighted by molar-refractivity contribution is 14.1. The number of nitrogens with zero attached hydrogens (tertiary/aromatic N) is 2. The molecule has 2 aromatic carbocycles. The number of anilines is 1. The van der Waals surface area contributed by atoms with Gasteiger partial charge in [0.25, 0.3) is 5.91 Å². The van der Waals surface area contributed by atoms with E-state index in [0.29, 0.717) is 11.2 Å². The summed E-state index contributed by atoms with van der Waals surface area (Å²) in [5.41, 5.74) is 3.13. The van der Waals surface area contributed by atoms with E-state index in [-0.39, 0.29) is 11.3 Å². The van der Waals surface area contributed by atoms with Crippen LogP contribution in [-0.4, -0.2) is 26.4 Å². The molecule has 0 radical (unpaired) electrons. The molecular weight excluding hydrogens is 469 g/mol. The van der Waals surface area contributed by atoms with E-state index in [0.717, 1.165) is 14.8 Å². The van der Waals surface area contributed by atoms with Gasteiger partial charge in [-0.3, -0.25) is 4.79 Å². The van der Waals surface area contributed by atoms with Gasteiger partial charge in [-0.1, -0.05) is 30.3 Å². The van der Waals surface area contributed by atoms with Gasteiger partial charge in [0.2, 0.25) is 0 Å². The van der Waals surface area contributed by atoms with Crippen LogP contribution in [-0.2, 0) is 0 Å². The molecule has 0 aliphatic heterocycles. The van der Waals surface area contributed by atoms with E-state index in [2.05, 4.69) is 10.3 Å². The number of fused-ring (bicyclic) bond motifs is 1. The monoisotopic (exact) mass is 483 g/mol. The number of imidazole rings is 1. The van der Waals surface area contributed by atoms with Gasteiger partial charge >= 0.3 is 5.97 Å². The number of pyridine rings is 1. The molecule has 6 nitrogen and oxygen atoms in total. The van der Waals surface area contributed by atoms with Crippen molar-refractivity contribution in [2.24, 2.45) is 0 Å². The molecule has 1 amide bonds. The average molecular weight is 483 g/mol. The predicted octanol–water partition coefficient (Wildman–Crippen LogP) is 4.56. The molecule has 0 saturated carbocycles. The number of amides is 1. The number of carboxylic acid groups (broad SMARTS) is 1. The normalized spacial score (nSPS) is 10.8. The Hall–Kier alpha value is -3.20. The zero-order valence-corrected chi connectivity index (χ0v) is 16.6. The van der Waals surface area contributed by atoms with Gasteiger partial charge in [0, 0.05) is 27.1 Å². The van der Waals surface area contributed by atoms with E-state index in [1.807, 2.05) is 63.5 Å². The largest absolute Gasteiger partial charge is 0.478 e. The molecule has 2 aromatic heterocycles. The molecule has 0 atom stereocenters. The summed E-state index contributed by atoms with van der Waals surface area (Å²) in [6.07, 6.45) is 3.66. The topological polar surface area (TPSA) is 83.7 Å². The maximum Gasteiger partial charge on any atom is 0.337 e. The van der Waals surface area contributed by atoms with E-state index in [4.69, 9.17) is 0 Å². The van der Waals surface area contributed by atoms with Crippen LogP contribution in [0.4, 0.5) is 5.69 Å². The maximum atomic E-state index is 12.7. The van der Waals surface area contributed by atoms with E-state index in [1.165, 1.54) is 6.07 Å². The van der Waals surface area contributed by atoms with Crippen LogP contribution in [0, 0.1) is 3.57 Å². The van der Waals surface area contributed by atoms with Crippen LogP contribution in [0.2, 0.25) is 0 Å². The van der Waals surface area contributed by atoms with Crippen LogP contribution >= 0.6 is 22.6 Å². The second kappa shape index (κ2) is 7.43. The van der Waals surface area contributed by atoms with Gasteiger partial charge in [-0.2, -0.15) is 0 Å². The molecule has 0 unspecified atom stereocenters. The Morgan fingerprint density at radius 2 is 1.82 bits per heavy atom. The Kier molecular flexibility index (Phi) is 4.82. The fourth-order valence-electron chi connectivity index (χ4n) is 2.87. The van der Waals surface area contributed by atoms with Crippen molar-refractivity contribution >= 4 is 45.8 Å². The number of halogens is 1. The van der Waals surface area contributed by atoms with Crippen LogP contribution in [0.15, 0.2) is 73.1 Å². The standard InChI is InChI=1S/C21H14IN3O3/c22-15-6-7-17(16(11-15)21(27)28)24-20(26)14-8-9-25-12-18(23-19(25)10-14)13-4-2-1-3-5-13/h1-12H,(H,24,26)(H,27,28). The third kappa shape index (κ3) is 3.61. The quantitative estimate of drug-likeness (QED) is 0.417. The van der Waals surface area contributed by atoms with Crippen LogP contribution in [0.5, 0.6) is 0 Å². The molecule has 4 aromatic rings. The number of carboxylic acids is 1. The predicted molar refractivity (Wildman–Crippen MR) is 115 cm³/mol. The summed E-state index contributed by atoms with van der Waals surface area (Å²) >= 11 is 2.03. The molecule has 4 rings (SSSR count). The van der Waals surface area contributed by atoms with Gasteiger partial charge in [0.1, 0.15) is 5.65 Å². The van der Waals surface area contributed by atoms with Crippen LogP contribution in [0.1, 0.15) is 20.7 Å². The van der Waals surface area contributed by atoms with Crippen molar-refractivity contribution in [3.8, 4) is 11.3 Å². The summed E-state index contributed by atoms with van der Waals surface area (Å²) in [6, 6.07) is 18.0. The minimum absolute atomic E-state index is 0.0495. The lowest BCUT2D eigenvalue weighted by atomic mass is 10.1. The Bertz CT molecular complexity index is 1200. The molecule has 2 N–H and O–H groups in total. The highest BCUT2D eigenvalue weighted by atomic mass is 127. The summed E-state index contributed by atoms with van der Waals surface area (Å²) in [7, 11) is 0. The van der Waals surface area contributed by atoms with Crippen molar-refractivity contribution in [2.75, 3.05) is 5.32 Å². The van der Waals surface area contributed by atoms with E-state index in [9.17, 15) is 14.7 Å². The number of nitrogens with one attached hydrogen (secondary N) is 1. The first-order valence-corrected chi connectivity index (χ1v) is 9.47. The minimum Gasteiger partial charge on any atom is -0.478 e. The third-order valence-corrected chi connectivity index (χ3v) is 4.92. The second-order valence-electron chi connectivity index (χ2n) is 6.12. The Labute approximate surface area is 174 Å².